The number of rotatable bonds is 2. The van der Waals surface area contributed by atoms with E-state index in [4.69, 9.17) is 0 Å². The summed E-state index contributed by atoms with van der Waals surface area (Å²) in [5.74, 6) is -1.32. The van der Waals surface area contributed by atoms with Gasteiger partial charge in [-0.15, -0.1) is 0 Å². The number of hydrogen-bond acceptors (Lipinski definition) is 2. The van der Waals surface area contributed by atoms with Gasteiger partial charge >= 0.3 is 0 Å². The average Bonchev–Trinajstić information content (AvgIpc) is 2.30. The molecule has 0 saturated carbocycles. The lowest BCUT2D eigenvalue weighted by atomic mass is 10.0. The van der Waals surface area contributed by atoms with E-state index in [-0.39, 0.29) is 16.8 Å². The second-order valence-electron chi connectivity index (χ2n) is 3.16. The van der Waals surface area contributed by atoms with E-state index >= 15 is 0 Å². The maximum absolute atomic E-state index is 13.5. The monoisotopic (exact) mass is 219 g/mol. The van der Waals surface area contributed by atoms with Crippen LogP contribution in [0.15, 0.2) is 36.5 Å². The van der Waals surface area contributed by atoms with Crippen molar-refractivity contribution < 1.29 is 13.6 Å². The zero-order valence-corrected chi connectivity index (χ0v) is 8.15. The molecule has 0 aliphatic rings. The van der Waals surface area contributed by atoms with Crippen LogP contribution in [0.3, 0.4) is 0 Å². The minimum atomic E-state index is -0.665. The number of benzene rings is 1. The van der Waals surface area contributed by atoms with Gasteiger partial charge in [0.1, 0.15) is 17.3 Å². The van der Waals surface area contributed by atoms with Crippen LogP contribution >= 0.6 is 0 Å². The van der Waals surface area contributed by atoms with Crippen LogP contribution in [0.4, 0.5) is 8.78 Å². The second-order valence-corrected chi connectivity index (χ2v) is 3.16. The molecule has 16 heavy (non-hydrogen) atoms. The molecule has 0 atom stereocenters. The average molecular weight is 219 g/mol. The molecule has 1 aromatic carbocycles. The van der Waals surface area contributed by atoms with Crippen LogP contribution in [0.5, 0.6) is 0 Å². The van der Waals surface area contributed by atoms with Crippen LogP contribution in [0, 0.1) is 11.6 Å². The van der Waals surface area contributed by atoms with Crippen LogP contribution in [0.25, 0.3) is 11.3 Å². The number of nitrogens with zero attached hydrogens (tertiary/aromatic N) is 1. The van der Waals surface area contributed by atoms with Crippen LogP contribution in [0.1, 0.15) is 10.4 Å². The largest absolute Gasteiger partial charge is 0.298 e. The maximum Gasteiger partial charge on any atom is 0.150 e. The Morgan fingerprint density at radius 3 is 2.50 bits per heavy atom. The van der Waals surface area contributed by atoms with E-state index in [9.17, 15) is 13.6 Å². The molecule has 0 radical (unpaired) electrons. The van der Waals surface area contributed by atoms with Gasteiger partial charge in [-0.3, -0.25) is 9.78 Å². The third-order valence-corrected chi connectivity index (χ3v) is 2.17. The summed E-state index contributed by atoms with van der Waals surface area (Å²) in [4.78, 5) is 14.5. The van der Waals surface area contributed by atoms with Crippen LogP contribution in [-0.4, -0.2) is 11.3 Å². The van der Waals surface area contributed by atoms with Gasteiger partial charge in [0, 0.05) is 17.3 Å². The molecule has 0 aliphatic carbocycles. The first-order valence-corrected chi connectivity index (χ1v) is 4.58. The number of aldehydes is 1. The normalized spacial score (nSPS) is 10.1. The Labute approximate surface area is 90.6 Å². The van der Waals surface area contributed by atoms with E-state index in [0.717, 1.165) is 6.07 Å². The molecular weight excluding hydrogens is 212 g/mol. The zero-order chi connectivity index (χ0) is 11.5. The number of halogens is 2. The first-order valence-electron chi connectivity index (χ1n) is 4.58. The summed E-state index contributed by atoms with van der Waals surface area (Å²) in [5.41, 5.74) is -0.170. The SMILES string of the molecule is O=Cc1cccc(F)c1-c1ncccc1F. The molecule has 2 nitrogen and oxygen atoms in total. The minimum Gasteiger partial charge on any atom is -0.298 e. The molecule has 1 aromatic heterocycles. The van der Waals surface area contributed by atoms with E-state index in [1.165, 1.54) is 30.5 Å². The summed E-state index contributed by atoms with van der Waals surface area (Å²) in [6.45, 7) is 0. The molecule has 1 heterocycles. The van der Waals surface area contributed by atoms with Crippen LogP contribution in [0.2, 0.25) is 0 Å². The third kappa shape index (κ3) is 1.69. The minimum absolute atomic E-state index is 0.0811. The number of hydrogen-bond donors (Lipinski definition) is 0. The fourth-order valence-corrected chi connectivity index (χ4v) is 1.46. The highest BCUT2D eigenvalue weighted by Gasteiger charge is 2.14. The topological polar surface area (TPSA) is 30.0 Å². The molecule has 0 spiro atoms. The Morgan fingerprint density at radius 2 is 1.81 bits per heavy atom. The predicted octanol–water partition coefficient (Wildman–Crippen LogP) is 2.84. The highest BCUT2D eigenvalue weighted by molar-refractivity contribution is 5.86. The van der Waals surface area contributed by atoms with Crippen molar-refractivity contribution in [2.75, 3.05) is 0 Å². The molecule has 80 valence electrons. The molecule has 0 amide bonds. The van der Waals surface area contributed by atoms with Gasteiger partial charge in [0.25, 0.3) is 0 Å². The van der Waals surface area contributed by atoms with Crippen molar-refractivity contribution >= 4 is 6.29 Å². The summed E-state index contributed by atoms with van der Waals surface area (Å²) in [7, 11) is 0. The van der Waals surface area contributed by atoms with Gasteiger partial charge in [0.15, 0.2) is 6.29 Å². The first kappa shape index (κ1) is 10.4. The van der Waals surface area contributed by atoms with Crippen molar-refractivity contribution in [2.45, 2.75) is 0 Å². The fourth-order valence-electron chi connectivity index (χ4n) is 1.46. The van der Waals surface area contributed by atoms with Crippen molar-refractivity contribution in [3.8, 4) is 11.3 Å². The Morgan fingerprint density at radius 1 is 1.06 bits per heavy atom. The van der Waals surface area contributed by atoms with Gasteiger partial charge in [0.2, 0.25) is 0 Å². The number of pyridine rings is 1. The molecule has 0 fully saturated rings. The Balaban J connectivity index is 2.73. The summed E-state index contributed by atoms with van der Waals surface area (Å²) in [5, 5.41) is 0. The molecule has 0 saturated heterocycles. The summed E-state index contributed by atoms with van der Waals surface area (Å²) >= 11 is 0. The fraction of sp³-hybridized carbons (Fsp3) is 0. The van der Waals surface area contributed by atoms with Gasteiger partial charge in [-0.05, 0) is 18.2 Å². The van der Waals surface area contributed by atoms with E-state index in [2.05, 4.69) is 4.98 Å². The predicted molar refractivity (Wildman–Crippen MR) is 55.0 cm³/mol. The Hall–Kier alpha value is -2.10. The molecule has 4 heteroatoms. The van der Waals surface area contributed by atoms with E-state index in [0.29, 0.717) is 6.29 Å². The molecular formula is C12H7F2NO. The van der Waals surface area contributed by atoms with Crippen molar-refractivity contribution in [3.63, 3.8) is 0 Å². The van der Waals surface area contributed by atoms with E-state index < -0.39 is 11.6 Å². The Kier molecular flexibility index (Phi) is 2.72. The van der Waals surface area contributed by atoms with Crippen molar-refractivity contribution in [3.05, 3.63) is 53.7 Å². The lowest BCUT2D eigenvalue weighted by molar-refractivity contribution is 0.112. The van der Waals surface area contributed by atoms with Gasteiger partial charge in [-0.25, -0.2) is 8.78 Å². The highest BCUT2D eigenvalue weighted by Crippen LogP contribution is 2.26. The Bertz CT molecular complexity index is 540. The molecule has 2 rings (SSSR count). The molecule has 0 N–H and O–H groups in total. The smallest absolute Gasteiger partial charge is 0.150 e. The van der Waals surface area contributed by atoms with E-state index in [1.54, 1.807) is 0 Å². The van der Waals surface area contributed by atoms with Crippen LogP contribution in [-0.2, 0) is 0 Å². The summed E-state index contributed by atoms with van der Waals surface area (Å²) in [6, 6.07) is 6.54. The highest BCUT2D eigenvalue weighted by atomic mass is 19.1. The molecule has 0 bridgehead atoms. The zero-order valence-electron chi connectivity index (χ0n) is 8.15. The molecule has 0 unspecified atom stereocenters. The van der Waals surface area contributed by atoms with E-state index in [1.807, 2.05) is 0 Å². The van der Waals surface area contributed by atoms with Crippen molar-refractivity contribution in [1.82, 2.24) is 4.98 Å². The van der Waals surface area contributed by atoms with Crippen LogP contribution < -0.4 is 0 Å². The number of carbonyl (C=O) groups is 1. The number of carbonyl (C=O) groups excluding carboxylic acids is 1. The second kappa shape index (κ2) is 4.18. The molecule has 2 aromatic rings. The van der Waals surface area contributed by atoms with Gasteiger partial charge < -0.3 is 0 Å². The lowest BCUT2D eigenvalue weighted by Gasteiger charge is -2.06. The van der Waals surface area contributed by atoms with Crippen molar-refractivity contribution in [2.24, 2.45) is 0 Å². The van der Waals surface area contributed by atoms with Gasteiger partial charge in [0.05, 0.1) is 0 Å². The first-order chi connectivity index (χ1) is 7.74. The standard InChI is InChI=1S/C12H7F2NO/c13-9-4-1-3-8(7-16)11(9)12-10(14)5-2-6-15-12/h1-7H. The molecule has 0 aliphatic heterocycles. The maximum atomic E-state index is 13.5. The van der Waals surface area contributed by atoms with Crippen molar-refractivity contribution in [1.29, 1.82) is 0 Å². The quantitative estimate of drug-likeness (QED) is 0.727. The van der Waals surface area contributed by atoms with Gasteiger partial charge in [-0.2, -0.15) is 0 Å². The van der Waals surface area contributed by atoms with Gasteiger partial charge in [-0.1, -0.05) is 12.1 Å². The third-order valence-electron chi connectivity index (χ3n) is 2.17. The summed E-state index contributed by atoms with van der Waals surface area (Å²) < 4.78 is 27.0. The lowest BCUT2D eigenvalue weighted by Crippen LogP contribution is -1.96. The summed E-state index contributed by atoms with van der Waals surface area (Å²) in [6.07, 6.45) is 1.83. The number of aromatic nitrogens is 1.